The molecular weight excluding hydrogens is 360 g/mol. The second-order valence-electron chi connectivity index (χ2n) is 5.27. The van der Waals surface area contributed by atoms with Gasteiger partial charge in [-0.05, 0) is 67.0 Å². The van der Waals surface area contributed by atoms with Gasteiger partial charge in [-0.1, -0.05) is 0 Å². The van der Waals surface area contributed by atoms with Crippen molar-refractivity contribution in [2.75, 3.05) is 13.1 Å². The van der Waals surface area contributed by atoms with Crippen LogP contribution in [0, 0.1) is 9.39 Å². The van der Waals surface area contributed by atoms with Crippen LogP contribution in [0.2, 0.25) is 0 Å². The molecule has 1 saturated heterocycles. The number of aliphatic hydroxyl groups is 1. The zero-order chi connectivity index (χ0) is 14.0. The van der Waals surface area contributed by atoms with Gasteiger partial charge in [0.2, 0.25) is 0 Å². The first kappa shape index (κ1) is 14.7. The van der Waals surface area contributed by atoms with Gasteiger partial charge in [-0.15, -0.1) is 0 Å². The SMILES string of the molecule is CC1(O)CCCN(C(=O)c2ccc(F)cc2I)CC1. The number of hydrogen-bond acceptors (Lipinski definition) is 2. The summed E-state index contributed by atoms with van der Waals surface area (Å²) in [7, 11) is 0. The van der Waals surface area contributed by atoms with Crippen molar-refractivity contribution in [1.29, 1.82) is 0 Å². The van der Waals surface area contributed by atoms with Crippen molar-refractivity contribution in [2.24, 2.45) is 0 Å². The Morgan fingerprint density at radius 2 is 2.16 bits per heavy atom. The van der Waals surface area contributed by atoms with Gasteiger partial charge >= 0.3 is 0 Å². The Morgan fingerprint density at radius 1 is 1.42 bits per heavy atom. The average molecular weight is 377 g/mol. The minimum absolute atomic E-state index is 0.0814. The van der Waals surface area contributed by atoms with Gasteiger partial charge in [0.15, 0.2) is 0 Å². The molecule has 1 unspecified atom stereocenters. The third-order valence-corrected chi connectivity index (χ3v) is 4.40. The van der Waals surface area contributed by atoms with Crippen LogP contribution >= 0.6 is 22.6 Å². The fourth-order valence-electron chi connectivity index (χ4n) is 2.30. The van der Waals surface area contributed by atoms with Crippen LogP contribution in [-0.4, -0.2) is 34.6 Å². The molecule has 5 heteroatoms. The van der Waals surface area contributed by atoms with E-state index in [1.807, 2.05) is 29.5 Å². The Kier molecular flexibility index (Phi) is 4.45. The zero-order valence-corrected chi connectivity index (χ0v) is 13.0. The van der Waals surface area contributed by atoms with E-state index in [4.69, 9.17) is 0 Å². The molecule has 104 valence electrons. The van der Waals surface area contributed by atoms with Crippen molar-refractivity contribution in [3.05, 3.63) is 33.1 Å². The molecule has 1 fully saturated rings. The van der Waals surface area contributed by atoms with Crippen molar-refractivity contribution in [3.63, 3.8) is 0 Å². The lowest BCUT2D eigenvalue weighted by Crippen LogP contribution is -2.34. The minimum Gasteiger partial charge on any atom is -0.390 e. The summed E-state index contributed by atoms with van der Waals surface area (Å²) in [6.07, 6.45) is 2.07. The summed E-state index contributed by atoms with van der Waals surface area (Å²) >= 11 is 1.98. The summed E-state index contributed by atoms with van der Waals surface area (Å²) in [6.45, 7) is 2.99. The highest BCUT2D eigenvalue weighted by molar-refractivity contribution is 14.1. The maximum atomic E-state index is 13.1. The number of carbonyl (C=O) groups is 1. The van der Waals surface area contributed by atoms with Crippen LogP contribution < -0.4 is 0 Å². The van der Waals surface area contributed by atoms with Gasteiger partial charge in [0, 0.05) is 16.7 Å². The highest BCUT2D eigenvalue weighted by atomic mass is 127. The predicted octanol–water partition coefficient (Wildman–Crippen LogP) is 2.81. The molecule has 2 rings (SSSR count). The number of nitrogens with zero attached hydrogens (tertiary/aromatic N) is 1. The van der Waals surface area contributed by atoms with Crippen LogP contribution in [0.15, 0.2) is 18.2 Å². The van der Waals surface area contributed by atoms with E-state index in [1.165, 1.54) is 18.2 Å². The van der Waals surface area contributed by atoms with Gasteiger partial charge < -0.3 is 10.0 Å². The molecule has 1 aromatic carbocycles. The molecule has 0 aliphatic carbocycles. The molecule has 0 aromatic heterocycles. The van der Waals surface area contributed by atoms with Gasteiger partial charge in [0.25, 0.3) is 5.91 Å². The number of carbonyl (C=O) groups excluding carboxylic acids is 1. The topological polar surface area (TPSA) is 40.5 Å². The number of halogens is 2. The smallest absolute Gasteiger partial charge is 0.254 e. The lowest BCUT2D eigenvalue weighted by molar-refractivity contribution is 0.0438. The maximum absolute atomic E-state index is 13.1. The largest absolute Gasteiger partial charge is 0.390 e. The Hall–Kier alpha value is -0.690. The van der Waals surface area contributed by atoms with Crippen molar-refractivity contribution in [3.8, 4) is 0 Å². The average Bonchev–Trinajstić information content (AvgIpc) is 2.49. The molecule has 1 amide bonds. The zero-order valence-electron chi connectivity index (χ0n) is 10.8. The van der Waals surface area contributed by atoms with Crippen LogP contribution in [0.3, 0.4) is 0 Å². The third kappa shape index (κ3) is 3.66. The molecule has 19 heavy (non-hydrogen) atoms. The van der Waals surface area contributed by atoms with Crippen molar-refractivity contribution in [2.45, 2.75) is 31.8 Å². The van der Waals surface area contributed by atoms with Gasteiger partial charge in [-0.3, -0.25) is 4.79 Å². The summed E-state index contributed by atoms with van der Waals surface area (Å²) < 4.78 is 13.7. The molecule has 1 aliphatic heterocycles. The van der Waals surface area contributed by atoms with E-state index in [0.29, 0.717) is 35.1 Å². The summed E-state index contributed by atoms with van der Waals surface area (Å²) in [5.41, 5.74) is -0.158. The van der Waals surface area contributed by atoms with Crippen LogP contribution in [0.25, 0.3) is 0 Å². The summed E-state index contributed by atoms with van der Waals surface area (Å²) in [6, 6.07) is 4.20. The van der Waals surface area contributed by atoms with Crippen LogP contribution in [0.5, 0.6) is 0 Å². The quantitative estimate of drug-likeness (QED) is 0.765. The second kappa shape index (κ2) is 5.75. The van der Waals surface area contributed by atoms with Crippen molar-refractivity contribution >= 4 is 28.5 Å². The molecule has 1 heterocycles. The highest BCUT2D eigenvalue weighted by Crippen LogP contribution is 2.23. The van der Waals surface area contributed by atoms with E-state index in [1.54, 1.807) is 4.90 Å². The molecule has 1 aliphatic rings. The van der Waals surface area contributed by atoms with E-state index in [2.05, 4.69) is 0 Å². The predicted molar refractivity (Wildman–Crippen MR) is 79.5 cm³/mol. The Bertz CT molecular complexity index is 490. The lowest BCUT2D eigenvalue weighted by atomic mass is 9.98. The highest BCUT2D eigenvalue weighted by Gasteiger charge is 2.28. The number of likely N-dealkylation sites (tertiary alicyclic amines) is 1. The Labute approximate surface area is 125 Å². The first-order valence-electron chi connectivity index (χ1n) is 6.36. The minimum atomic E-state index is -0.690. The molecule has 0 bridgehead atoms. The molecule has 1 N–H and O–H groups in total. The lowest BCUT2D eigenvalue weighted by Gasteiger charge is -2.23. The maximum Gasteiger partial charge on any atom is 0.254 e. The van der Waals surface area contributed by atoms with E-state index >= 15 is 0 Å². The second-order valence-corrected chi connectivity index (χ2v) is 6.43. The molecule has 1 aromatic rings. The van der Waals surface area contributed by atoms with Crippen LogP contribution in [0.1, 0.15) is 36.5 Å². The van der Waals surface area contributed by atoms with E-state index < -0.39 is 5.60 Å². The van der Waals surface area contributed by atoms with E-state index in [-0.39, 0.29) is 11.7 Å². The number of hydrogen-bond donors (Lipinski definition) is 1. The Balaban J connectivity index is 2.15. The van der Waals surface area contributed by atoms with Gasteiger partial charge in [0.05, 0.1) is 11.2 Å². The van der Waals surface area contributed by atoms with Gasteiger partial charge in [-0.25, -0.2) is 4.39 Å². The van der Waals surface area contributed by atoms with Crippen LogP contribution in [0.4, 0.5) is 4.39 Å². The number of rotatable bonds is 1. The fraction of sp³-hybridized carbons (Fsp3) is 0.500. The molecule has 0 spiro atoms. The van der Waals surface area contributed by atoms with Crippen LogP contribution in [-0.2, 0) is 0 Å². The molecule has 1 atom stereocenters. The Morgan fingerprint density at radius 3 is 2.84 bits per heavy atom. The first-order valence-corrected chi connectivity index (χ1v) is 7.44. The first-order chi connectivity index (χ1) is 8.89. The fourth-order valence-corrected chi connectivity index (χ4v) is 3.01. The van der Waals surface area contributed by atoms with Gasteiger partial charge in [-0.2, -0.15) is 0 Å². The normalized spacial score (nSPS) is 24.1. The van der Waals surface area contributed by atoms with Crippen molar-refractivity contribution < 1.29 is 14.3 Å². The van der Waals surface area contributed by atoms with Gasteiger partial charge in [0.1, 0.15) is 5.82 Å². The van der Waals surface area contributed by atoms with E-state index in [0.717, 1.165) is 6.42 Å². The molecule has 3 nitrogen and oxygen atoms in total. The monoisotopic (exact) mass is 377 g/mol. The number of benzene rings is 1. The molecule has 0 saturated carbocycles. The van der Waals surface area contributed by atoms with E-state index in [9.17, 15) is 14.3 Å². The summed E-state index contributed by atoms with van der Waals surface area (Å²) in [4.78, 5) is 14.2. The summed E-state index contributed by atoms with van der Waals surface area (Å²) in [5.74, 6) is -0.415. The molecular formula is C14H17FINO2. The standard InChI is InChI=1S/C14H17FINO2/c1-14(19)5-2-7-17(8-6-14)13(18)11-4-3-10(15)9-12(11)16/h3-4,9,19H,2,5-8H2,1H3. The number of amides is 1. The van der Waals surface area contributed by atoms with Crippen molar-refractivity contribution in [1.82, 2.24) is 4.90 Å². The summed E-state index contributed by atoms with van der Waals surface area (Å²) in [5, 5.41) is 10.0. The molecule has 0 radical (unpaired) electrons. The third-order valence-electron chi connectivity index (χ3n) is 3.51.